The van der Waals surface area contributed by atoms with Crippen molar-refractivity contribution >= 4 is 16.7 Å². The molecule has 0 atom stereocenters. The molecule has 0 radical (unpaired) electrons. The quantitative estimate of drug-likeness (QED) is 0.572. The van der Waals surface area contributed by atoms with Gasteiger partial charge in [0.25, 0.3) is 0 Å². The summed E-state index contributed by atoms with van der Waals surface area (Å²) < 4.78 is 2.19. The zero-order valence-electron chi connectivity index (χ0n) is 9.65. The second kappa shape index (κ2) is 3.04. The first-order chi connectivity index (χ1) is 7.68. The average molecular weight is 211 g/mol. The van der Waals surface area contributed by atoms with Gasteiger partial charge in [-0.05, 0) is 32.9 Å². The van der Waals surface area contributed by atoms with E-state index in [9.17, 15) is 0 Å². The first-order valence-corrected chi connectivity index (χ1v) is 5.39. The minimum atomic E-state index is 0.966. The highest BCUT2D eigenvalue weighted by atomic mass is 15.1. The van der Waals surface area contributed by atoms with E-state index in [0.29, 0.717) is 0 Å². The molecule has 3 rings (SSSR count). The van der Waals surface area contributed by atoms with Crippen molar-refractivity contribution in [3.8, 4) is 0 Å². The fourth-order valence-corrected chi connectivity index (χ4v) is 2.13. The van der Waals surface area contributed by atoms with Crippen LogP contribution in [0.5, 0.6) is 0 Å². The van der Waals surface area contributed by atoms with Crippen LogP contribution in [0.15, 0.2) is 24.3 Å². The van der Waals surface area contributed by atoms with E-state index in [-0.39, 0.29) is 0 Å². The van der Waals surface area contributed by atoms with E-state index in [1.165, 1.54) is 5.69 Å². The van der Waals surface area contributed by atoms with Crippen LogP contribution in [0.2, 0.25) is 0 Å². The highest BCUT2D eigenvalue weighted by Crippen LogP contribution is 2.20. The first kappa shape index (κ1) is 9.33. The lowest BCUT2D eigenvalue weighted by molar-refractivity contribution is 1.10. The maximum absolute atomic E-state index is 4.57. The minimum Gasteiger partial charge on any atom is -0.294 e. The smallest absolute Gasteiger partial charge is 0.159 e. The van der Waals surface area contributed by atoms with Crippen LogP contribution in [0.3, 0.4) is 0 Å². The molecular weight excluding hydrogens is 198 g/mol. The topological polar surface area (TPSA) is 30.2 Å². The molecule has 16 heavy (non-hydrogen) atoms. The van der Waals surface area contributed by atoms with Crippen molar-refractivity contribution in [1.29, 1.82) is 0 Å². The summed E-state index contributed by atoms with van der Waals surface area (Å²) in [4.78, 5) is 9.14. The Hall–Kier alpha value is -1.90. The summed E-state index contributed by atoms with van der Waals surface area (Å²) in [5.74, 6) is 0. The summed E-state index contributed by atoms with van der Waals surface area (Å²) in [5, 5.41) is 0. The number of fused-ring (bicyclic) bond motifs is 3. The Labute approximate surface area is 93.8 Å². The van der Waals surface area contributed by atoms with E-state index < -0.39 is 0 Å². The summed E-state index contributed by atoms with van der Waals surface area (Å²) in [6, 6.07) is 8.17. The van der Waals surface area contributed by atoms with E-state index in [2.05, 4.69) is 27.4 Å². The molecule has 0 fully saturated rings. The second-order valence-corrected chi connectivity index (χ2v) is 4.13. The Morgan fingerprint density at radius 1 is 0.938 bits per heavy atom. The van der Waals surface area contributed by atoms with E-state index in [4.69, 9.17) is 0 Å². The highest BCUT2D eigenvalue weighted by molar-refractivity contribution is 5.79. The third-order valence-electron chi connectivity index (χ3n) is 3.08. The SMILES string of the molecule is Cc1nc2c(C)nc3ccccc3n2c1C. The molecular formula is C13H13N3. The third-order valence-corrected chi connectivity index (χ3v) is 3.08. The number of benzene rings is 1. The van der Waals surface area contributed by atoms with Crippen molar-refractivity contribution in [3.05, 3.63) is 41.3 Å². The number of hydrogen-bond donors (Lipinski definition) is 0. The summed E-state index contributed by atoms with van der Waals surface area (Å²) in [5.41, 5.74) is 6.36. The number of aryl methyl sites for hydroxylation is 3. The molecule has 3 aromatic rings. The number of aromatic nitrogens is 3. The van der Waals surface area contributed by atoms with Gasteiger partial charge in [-0.2, -0.15) is 0 Å². The van der Waals surface area contributed by atoms with Crippen molar-refractivity contribution in [2.24, 2.45) is 0 Å². The van der Waals surface area contributed by atoms with Gasteiger partial charge in [-0.1, -0.05) is 12.1 Å². The molecule has 0 spiro atoms. The molecule has 3 nitrogen and oxygen atoms in total. The molecule has 0 amide bonds. The largest absolute Gasteiger partial charge is 0.294 e. The van der Waals surface area contributed by atoms with Gasteiger partial charge in [0.1, 0.15) is 0 Å². The van der Waals surface area contributed by atoms with Gasteiger partial charge < -0.3 is 0 Å². The summed E-state index contributed by atoms with van der Waals surface area (Å²) in [6.07, 6.45) is 0. The fraction of sp³-hybridized carbons (Fsp3) is 0.231. The third kappa shape index (κ3) is 1.08. The van der Waals surface area contributed by atoms with Gasteiger partial charge in [0, 0.05) is 5.69 Å². The van der Waals surface area contributed by atoms with Gasteiger partial charge in [-0.25, -0.2) is 9.97 Å². The van der Waals surface area contributed by atoms with Crippen LogP contribution < -0.4 is 0 Å². The van der Waals surface area contributed by atoms with Crippen LogP contribution in [-0.2, 0) is 0 Å². The van der Waals surface area contributed by atoms with Gasteiger partial charge in [-0.15, -0.1) is 0 Å². The lowest BCUT2D eigenvalue weighted by atomic mass is 10.2. The Kier molecular flexibility index (Phi) is 1.78. The molecule has 0 aliphatic carbocycles. The Balaban J connectivity index is 2.67. The maximum Gasteiger partial charge on any atom is 0.159 e. The molecule has 2 aromatic heterocycles. The number of rotatable bonds is 0. The molecule has 0 aliphatic rings. The van der Waals surface area contributed by atoms with Crippen molar-refractivity contribution in [2.45, 2.75) is 20.8 Å². The Bertz CT molecular complexity index is 695. The molecule has 0 saturated heterocycles. The van der Waals surface area contributed by atoms with Crippen molar-refractivity contribution in [1.82, 2.24) is 14.4 Å². The van der Waals surface area contributed by atoms with Crippen LogP contribution >= 0.6 is 0 Å². The molecule has 2 heterocycles. The van der Waals surface area contributed by atoms with Crippen LogP contribution in [0, 0.1) is 20.8 Å². The summed E-state index contributed by atoms with van der Waals surface area (Å²) >= 11 is 0. The highest BCUT2D eigenvalue weighted by Gasteiger charge is 2.10. The van der Waals surface area contributed by atoms with Crippen LogP contribution in [-0.4, -0.2) is 14.4 Å². The maximum atomic E-state index is 4.57. The lowest BCUT2D eigenvalue weighted by Gasteiger charge is -2.05. The zero-order chi connectivity index (χ0) is 11.3. The normalized spacial score (nSPS) is 11.4. The predicted molar refractivity (Wildman–Crippen MR) is 64.7 cm³/mol. The standard InChI is InChI=1S/C13H13N3/c1-8-10(3)16-12-7-5-4-6-11(12)14-9(2)13(16)15-8/h4-7H,1-3H3. The van der Waals surface area contributed by atoms with E-state index in [1.54, 1.807) is 0 Å². The molecule has 0 unspecified atom stereocenters. The van der Waals surface area contributed by atoms with Crippen LogP contribution in [0.4, 0.5) is 0 Å². The summed E-state index contributed by atoms with van der Waals surface area (Å²) in [6.45, 7) is 6.14. The van der Waals surface area contributed by atoms with Gasteiger partial charge in [0.2, 0.25) is 0 Å². The van der Waals surface area contributed by atoms with Crippen molar-refractivity contribution in [2.75, 3.05) is 0 Å². The van der Waals surface area contributed by atoms with Crippen LogP contribution in [0.1, 0.15) is 17.1 Å². The second-order valence-electron chi connectivity index (χ2n) is 4.13. The molecule has 0 bridgehead atoms. The lowest BCUT2D eigenvalue weighted by Crippen LogP contribution is -1.96. The minimum absolute atomic E-state index is 0.966. The zero-order valence-corrected chi connectivity index (χ0v) is 9.65. The van der Waals surface area contributed by atoms with Crippen molar-refractivity contribution in [3.63, 3.8) is 0 Å². The number of para-hydroxylation sites is 2. The molecule has 0 N–H and O–H groups in total. The number of hydrogen-bond acceptors (Lipinski definition) is 2. The fourth-order valence-electron chi connectivity index (χ4n) is 2.13. The molecule has 3 heteroatoms. The van der Waals surface area contributed by atoms with Gasteiger partial charge >= 0.3 is 0 Å². The van der Waals surface area contributed by atoms with E-state index >= 15 is 0 Å². The molecule has 0 saturated carbocycles. The molecule has 1 aromatic carbocycles. The molecule has 0 aliphatic heterocycles. The number of imidazole rings is 1. The van der Waals surface area contributed by atoms with Gasteiger partial charge in [-0.3, -0.25) is 4.40 Å². The van der Waals surface area contributed by atoms with Crippen LogP contribution in [0.25, 0.3) is 16.7 Å². The van der Waals surface area contributed by atoms with Gasteiger partial charge in [0.15, 0.2) is 5.65 Å². The monoisotopic (exact) mass is 211 g/mol. The van der Waals surface area contributed by atoms with Gasteiger partial charge in [0.05, 0.1) is 22.4 Å². The Morgan fingerprint density at radius 3 is 2.50 bits per heavy atom. The summed E-state index contributed by atoms with van der Waals surface area (Å²) in [7, 11) is 0. The first-order valence-electron chi connectivity index (χ1n) is 5.39. The van der Waals surface area contributed by atoms with E-state index in [1.807, 2.05) is 32.0 Å². The molecule has 80 valence electrons. The number of nitrogens with zero attached hydrogens (tertiary/aromatic N) is 3. The Morgan fingerprint density at radius 2 is 1.69 bits per heavy atom. The van der Waals surface area contributed by atoms with E-state index in [0.717, 1.165) is 28.1 Å². The average Bonchev–Trinajstić information content (AvgIpc) is 2.57. The van der Waals surface area contributed by atoms with Crippen molar-refractivity contribution < 1.29 is 0 Å². The predicted octanol–water partition coefficient (Wildman–Crippen LogP) is 2.81.